The average molecular weight is 322 g/mol. The third-order valence-electron chi connectivity index (χ3n) is 2.97. The van der Waals surface area contributed by atoms with Crippen LogP contribution >= 0.6 is 22.7 Å². The van der Waals surface area contributed by atoms with Crippen molar-refractivity contribution in [2.24, 2.45) is 0 Å². The highest BCUT2D eigenvalue weighted by Gasteiger charge is 2.20. The van der Waals surface area contributed by atoms with E-state index in [0.717, 1.165) is 9.97 Å². The number of hydrogen-bond donors (Lipinski definition) is 0. The summed E-state index contributed by atoms with van der Waals surface area (Å²) in [4.78, 5) is 23.8. The van der Waals surface area contributed by atoms with E-state index in [1.54, 1.807) is 24.4 Å². The highest BCUT2D eigenvalue weighted by Crippen LogP contribution is 2.15. The number of carbonyl (C=O) groups excluding carboxylic acids is 1. The van der Waals surface area contributed by atoms with Crippen molar-refractivity contribution in [2.75, 3.05) is 20.3 Å². The molecule has 0 fully saturated rings. The van der Waals surface area contributed by atoms with E-state index < -0.39 is 0 Å². The summed E-state index contributed by atoms with van der Waals surface area (Å²) in [6.07, 6.45) is 5.39. The maximum absolute atomic E-state index is 12.6. The number of fused-ring (bicyclic) bond motifs is 1. The van der Waals surface area contributed by atoms with E-state index in [9.17, 15) is 4.79 Å². The van der Waals surface area contributed by atoms with Gasteiger partial charge in [-0.05, 0) is 0 Å². The normalized spacial score (nSPS) is 11.1. The van der Waals surface area contributed by atoms with Gasteiger partial charge >= 0.3 is 0 Å². The summed E-state index contributed by atoms with van der Waals surface area (Å²) >= 11 is 3.04. The van der Waals surface area contributed by atoms with Crippen LogP contribution in [0.15, 0.2) is 29.4 Å². The Labute approximate surface area is 129 Å². The first-order valence-electron chi connectivity index (χ1n) is 6.36. The Morgan fingerprint density at radius 2 is 2.33 bits per heavy atom. The van der Waals surface area contributed by atoms with Crippen molar-refractivity contribution < 1.29 is 9.53 Å². The monoisotopic (exact) mass is 322 g/mol. The van der Waals surface area contributed by atoms with Crippen LogP contribution in [0.4, 0.5) is 0 Å². The van der Waals surface area contributed by atoms with Crippen molar-refractivity contribution in [2.45, 2.75) is 6.54 Å². The van der Waals surface area contributed by atoms with Crippen LogP contribution < -0.4 is 0 Å². The van der Waals surface area contributed by atoms with Gasteiger partial charge in [0.15, 0.2) is 4.96 Å². The summed E-state index contributed by atoms with van der Waals surface area (Å²) in [5, 5.41) is 4.75. The zero-order chi connectivity index (χ0) is 14.7. The molecular weight excluding hydrogens is 308 g/mol. The van der Waals surface area contributed by atoms with E-state index in [-0.39, 0.29) is 5.91 Å². The molecule has 0 aliphatic heterocycles. The van der Waals surface area contributed by atoms with Gasteiger partial charge in [-0.25, -0.2) is 9.97 Å². The van der Waals surface area contributed by atoms with Crippen LogP contribution in [0.3, 0.4) is 0 Å². The second-order valence-electron chi connectivity index (χ2n) is 4.36. The highest BCUT2D eigenvalue weighted by molar-refractivity contribution is 7.15. The predicted octanol–water partition coefficient (Wildman–Crippen LogP) is 2.14. The van der Waals surface area contributed by atoms with Gasteiger partial charge in [-0.2, -0.15) is 0 Å². The lowest BCUT2D eigenvalue weighted by Gasteiger charge is -2.20. The number of imidazole rings is 1. The number of rotatable bonds is 6. The van der Waals surface area contributed by atoms with Crippen molar-refractivity contribution >= 4 is 33.5 Å². The number of amides is 1. The number of ether oxygens (including phenoxy) is 1. The number of hydrogen-bond acceptors (Lipinski definition) is 6. The molecule has 0 N–H and O–H groups in total. The second-order valence-corrected chi connectivity index (χ2v) is 6.22. The summed E-state index contributed by atoms with van der Waals surface area (Å²) in [7, 11) is 1.62. The molecule has 110 valence electrons. The van der Waals surface area contributed by atoms with Gasteiger partial charge in [-0.3, -0.25) is 9.20 Å². The lowest BCUT2D eigenvalue weighted by atomic mass is 10.3. The van der Waals surface area contributed by atoms with Gasteiger partial charge in [0.25, 0.3) is 5.91 Å². The molecule has 0 spiro atoms. The first-order chi connectivity index (χ1) is 10.3. The first kappa shape index (κ1) is 14.2. The molecule has 0 radical (unpaired) electrons. The molecule has 0 atom stereocenters. The van der Waals surface area contributed by atoms with Crippen molar-refractivity contribution in [3.05, 3.63) is 40.1 Å². The van der Waals surface area contributed by atoms with E-state index in [1.807, 2.05) is 21.4 Å². The molecule has 0 aliphatic carbocycles. The second kappa shape index (κ2) is 6.33. The van der Waals surface area contributed by atoms with Crippen LogP contribution in [0.2, 0.25) is 0 Å². The molecule has 3 rings (SSSR count). The Bertz CT molecular complexity index is 691. The van der Waals surface area contributed by atoms with Gasteiger partial charge in [0, 0.05) is 43.0 Å². The summed E-state index contributed by atoms with van der Waals surface area (Å²) in [5.41, 5.74) is 0.453. The van der Waals surface area contributed by atoms with Gasteiger partial charge in [0.2, 0.25) is 0 Å². The molecule has 3 heterocycles. The summed E-state index contributed by atoms with van der Waals surface area (Å²) in [6.45, 7) is 1.48. The van der Waals surface area contributed by atoms with Crippen LogP contribution in [-0.4, -0.2) is 45.4 Å². The lowest BCUT2D eigenvalue weighted by molar-refractivity contribution is 0.0675. The van der Waals surface area contributed by atoms with E-state index in [0.29, 0.717) is 25.4 Å². The number of carbonyl (C=O) groups is 1. The zero-order valence-electron chi connectivity index (χ0n) is 11.4. The average Bonchev–Trinajstić information content (AvgIpc) is 3.18. The van der Waals surface area contributed by atoms with E-state index in [1.165, 1.54) is 22.7 Å². The molecule has 3 aromatic heterocycles. The smallest absolute Gasteiger partial charge is 0.274 e. The number of thiazole rings is 2. The van der Waals surface area contributed by atoms with Crippen LogP contribution in [0.5, 0.6) is 0 Å². The quantitative estimate of drug-likeness (QED) is 0.697. The molecule has 0 saturated heterocycles. The van der Waals surface area contributed by atoms with E-state index in [2.05, 4.69) is 9.97 Å². The zero-order valence-corrected chi connectivity index (χ0v) is 13.1. The molecule has 0 unspecified atom stereocenters. The summed E-state index contributed by atoms with van der Waals surface area (Å²) in [6, 6.07) is 0. The molecule has 6 nitrogen and oxygen atoms in total. The number of aromatic nitrogens is 3. The van der Waals surface area contributed by atoms with Crippen LogP contribution in [0.1, 0.15) is 15.5 Å². The fourth-order valence-electron chi connectivity index (χ4n) is 1.94. The van der Waals surface area contributed by atoms with Gasteiger partial charge in [0.05, 0.1) is 13.2 Å². The molecule has 0 bridgehead atoms. The molecule has 0 aliphatic rings. The number of nitrogens with zero attached hydrogens (tertiary/aromatic N) is 4. The molecular formula is C13H14N4O2S2. The van der Waals surface area contributed by atoms with E-state index in [4.69, 9.17) is 4.74 Å². The van der Waals surface area contributed by atoms with Gasteiger partial charge < -0.3 is 9.64 Å². The Morgan fingerprint density at radius 3 is 3.05 bits per heavy atom. The third kappa shape index (κ3) is 3.12. The Balaban J connectivity index is 1.80. The molecule has 0 saturated carbocycles. The Kier molecular flexibility index (Phi) is 4.28. The van der Waals surface area contributed by atoms with Gasteiger partial charge in [0.1, 0.15) is 10.7 Å². The molecule has 8 heteroatoms. The van der Waals surface area contributed by atoms with Crippen molar-refractivity contribution in [3.8, 4) is 0 Å². The predicted molar refractivity (Wildman–Crippen MR) is 81.8 cm³/mol. The summed E-state index contributed by atoms with van der Waals surface area (Å²) < 4.78 is 6.94. The summed E-state index contributed by atoms with van der Waals surface area (Å²) in [5.74, 6) is -0.0989. The topological polar surface area (TPSA) is 59.7 Å². The standard InChI is InChI=1S/C13H14N4O2S2/c1-19-5-3-16(9-11-14-2-6-20-11)12(18)10-8-17-4-7-21-13(17)15-10/h2,4,6-8H,3,5,9H2,1H3. The van der Waals surface area contributed by atoms with Crippen molar-refractivity contribution in [3.63, 3.8) is 0 Å². The van der Waals surface area contributed by atoms with Crippen molar-refractivity contribution in [1.29, 1.82) is 0 Å². The molecule has 0 aromatic carbocycles. The van der Waals surface area contributed by atoms with Gasteiger partial charge in [-0.1, -0.05) is 0 Å². The molecule has 1 amide bonds. The fourth-order valence-corrected chi connectivity index (χ4v) is 3.27. The highest BCUT2D eigenvalue weighted by atomic mass is 32.1. The van der Waals surface area contributed by atoms with Crippen LogP contribution in [-0.2, 0) is 11.3 Å². The van der Waals surface area contributed by atoms with Crippen LogP contribution in [0.25, 0.3) is 4.96 Å². The van der Waals surface area contributed by atoms with E-state index >= 15 is 0 Å². The van der Waals surface area contributed by atoms with Crippen molar-refractivity contribution in [1.82, 2.24) is 19.3 Å². The fraction of sp³-hybridized carbons (Fsp3) is 0.308. The van der Waals surface area contributed by atoms with Gasteiger partial charge in [-0.15, -0.1) is 22.7 Å². The SMILES string of the molecule is COCCN(Cc1nccs1)C(=O)c1cn2ccsc2n1. The largest absolute Gasteiger partial charge is 0.383 e. The molecule has 21 heavy (non-hydrogen) atoms. The Morgan fingerprint density at radius 1 is 1.43 bits per heavy atom. The Hall–Kier alpha value is -1.77. The van der Waals surface area contributed by atoms with Crippen LogP contribution in [0, 0.1) is 0 Å². The molecule has 3 aromatic rings. The third-order valence-corrected chi connectivity index (χ3v) is 4.51. The minimum Gasteiger partial charge on any atom is -0.383 e. The first-order valence-corrected chi connectivity index (χ1v) is 8.12. The maximum Gasteiger partial charge on any atom is 0.274 e. The lowest BCUT2D eigenvalue weighted by Crippen LogP contribution is -2.33. The number of methoxy groups -OCH3 is 1. The minimum absolute atomic E-state index is 0.0989. The minimum atomic E-state index is -0.0989. The maximum atomic E-state index is 12.6.